The molecular weight excluding hydrogens is 1000 g/mol. The first-order chi connectivity index (χ1) is 31.9. The molecule has 0 fully saturated rings. The third kappa shape index (κ3) is 20.4. The number of ether oxygens (including phenoxy) is 2. The Morgan fingerprint density at radius 3 is 1.03 bits per heavy atom. The number of aromatic nitrogens is 3. The molecule has 1 aromatic heterocycles. The van der Waals surface area contributed by atoms with Gasteiger partial charge in [-0.3, -0.25) is 19.3 Å². The molecule has 23 heteroatoms. The largest absolute Gasteiger partial charge is 0.443 e. The quantitative estimate of drug-likeness (QED) is 0.0336. The summed E-state index contributed by atoms with van der Waals surface area (Å²) in [5.41, 5.74) is -0.156. The predicted molar refractivity (Wildman–Crippen MR) is 255 cm³/mol. The Bertz CT molecular complexity index is 2210. The molecule has 3 amide bonds. The Morgan fingerprint density at radius 2 is 0.746 bits per heavy atom. The van der Waals surface area contributed by atoms with Gasteiger partial charge in [-0.25, -0.2) is 42.7 Å². The molecule has 17 nitrogen and oxygen atoms in total. The highest BCUT2D eigenvalue weighted by atomic mass is 35.6. The molecule has 0 aliphatic carbocycles. The number of unbranched alkanes of at least 4 members (excludes halogenated alkanes) is 3. The highest BCUT2D eigenvalue weighted by Gasteiger charge is 2.27. The molecule has 0 N–H and O–H groups in total. The van der Waals surface area contributed by atoms with Gasteiger partial charge in [0.2, 0.25) is 13.5 Å². The Balaban J connectivity index is 1.50. The molecule has 0 aliphatic rings. The SMILES string of the molecule is CC(=O)N(CCCCn1c(=O)n(CCCCN(OCc2ccccc2)C(=O)OCC(Cl)(Cl)Cl)c(=O)n(CCCCN(OCc2ccccc2)C(=O)OCC(Cl)(Cl)Cl)c1=O)OCc1ccccc1. The van der Waals surface area contributed by atoms with E-state index in [0.717, 1.165) is 40.5 Å². The number of nitrogens with zero attached hydrogens (tertiary/aromatic N) is 6. The van der Waals surface area contributed by atoms with Crippen molar-refractivity contribution >= 4 is 87.7 Å². The summed E-state index contributed by atoms with van der Waals surface area (Å²) in [6.45, 7) is 0.160. The molecule has 0 atom stereocenters. The second kappa shape index (κ2) is 28.3. The lowest BCUT2D eigenvalue weighted by molar-refractivity contribution is -0.189. The molecule has 4 aromatic rings. The zero-order valence-electron chi connectivity index (χ0n) is 36.6. The first-order valence-electron chi connectivity index (χ1n) is 21.2. The second-order valence-corrected chi connectivity index (χ2v) is 19.9. The molecule has 0 unspecified atom stereocenters. The fourth-order valence-corrected chi connectivity index (χ4v) is 6.50. The maximum absolute atomic E-state index is 14.0. The molecule has 0 saturated heterocycles. The maximum atomic E-state index is 14.0. The number of hydroxylamine groups is 6. The van der Waals surface area contributed by atoms with E-state index in [0.29, 0.717) is 6.42 Å². The van der Waals surface area contributed by atoms with Crippen molar-refractivity contribution in [1.29, 1.82) is 0 Å². The van der Waals surface area contributed by atoms with Gasteiger partial charge in [-0.2, -0.15) is 10.1 Å². The lowest BCUT2D eigenvalue weighted by Crippen LogP contribution is -2.54. The minimum absolute atomic E-state index is 0.00914. The zero-order valence-corrected chi connectivity index (χ0v) is 41.2. The van der Waals surface area contributed by atoms with Crippen molar-refractivity contribution in [2.45, 2.75) is 92.5 Å². The van der Waals surface area contributed by atoms with Crippen LogP contribution in [0.2, 0.25) is 0 Å². The Labute approximate surface area is 417 Å². The summed E-state index contributed by atoms with van der Waals surface area (Å²) >= 11 is 34.7. The fourth-order valence-electron chi connectivity index (χ4n) is 6.17. The van der Waals surface area contributed by atoms with E-state index in [4.69, 9.17) is 93.6 Å². The van der Waals surface area contributed by atoms with Crippen LogP contribution in [-0.4, -0.2) is 87.4 Å². The van der Waals surface area contributed by atoms with Crippen molar-refractivity contribution < 1.29 is 38.4 Å². The molecule has 0 saturated carbocycles. The number of benzene rings is 3. The summed E-state index contributed by atoms with van der Waals surface area (Å²) in [6.07, 6.45) is -0.475. The minimum atomic E-state index is -1.87. The van der Waals surface area contributed by atoms with Crippen molar-refractivity contribution in [1.82, 2.24) is 28.9 Å². The summed E-state index contributed by atoms with van der Waals surface area (Å²) in [6, 6.07) is 27.4. The Kier molecular flexibility index (Phi) is 23.3. The molecular formula is C44H52Cl6N6O11. The van der Waals surface area contributed by atoms with Crippen LogP contribution in [0.4, 0.5) is 9.59 Å². The molecule has 0 bridgehead atoms. The van der Waals surface area contributed by atoms with Crippen LogP contribution in [-0.2, 0) is 68.2 Å². The van der Waals surface area contributed by atoms with E-state index < -0.39 is 50.1 Å². The summed E-state index contributed by atoms with van der Waals surface area (Å²) in [5.74, 6) is -0.325. The van der Waals surface area contributed by atoms with E-state index in [9.17, 15) is 28.8 Å². The van der Waals surface area contributed by atoms with Gasteiger partial charge >= 0.3 is 29.3 Å². The van der Waals surface area contributed by atoms with Crippen LogP contribution in [0.15, 0.2) is 105 Å². The highest BCUT2D eigenvalue weighted by molar-refractivity contribution is 6.68. The Morgan fingerprint density at radius 1 is 0.463 bits per heavy atom. The van der Waals surface area contributed by atoms with E-state index in [2.05, 4.69) is 0 Å². The van der Waals surface area contributed by atoms with Crippen molar-refractivity contribution in [3.8, 4) is 0 Å². The lowest BCUT2D eigenvalue weighted by atomic mass is 10.2. The molecule has 0 radical (unpaired) electrons. The highest BCUT2D eigenvalue weighted by Crippen LogP contribution is 2.27. The minimum Gasteiger partial charge on any atom is -0.443 e. The van der Waals surface area contributed by atoms with Gasteiger partial charge in [0.15, 0.2) is 0 Å². The number of carbonyl (C=O) groups is 3. The third-order valence-corrected chi connectivity index (χ3v) is 10.2. The second-order valence-electron chi connectivity index (χ2n) is 14.9. The topological polar surface area (TPSA) is 173 Å². The number of rotatable bonds is 26. The number of hydrogen-bond acceptors (Lipinski definition) is 11. The molecule has 366 valence electrons. The standard InChI is InChI=1S/C44H52Cl6N6O11/c1-34(57)54(65-29-35-17-5-2-6-18-35)26-14-11-23-51-38(58)52(24-12-15-27-55(41(61)63-32-43(45,46)47)66-30-36-19-7-3-8-20-36)40(60)53(39(51)59)25-13-16-28-56(42(62)64-33-44(48,49)50)67-31-37-21-9-4-10-22-37/h2-10,17-22H,11-16,23-33H2,1H3. The first-order valence-corrected chi connectivity index (χ1v) is 23.4. The predicted octanol–water partition coefficient (Wildman–Crippen LogP) is 8.37. The third-order valence-electron chi connectivity index (χ3n) is 9.53. The van der Waals surface area contributed by atoms with Crippen molar-refractivity contribution in [2.24, 2.45) is 0 Å². The number of hydrogen-bond donors (Lipinski definition) is 0. The number of alkyl halides is 6. The summed E-state index contributed by atoms with van der Waals surface area (Å²) in [5, 5.41) is 3.13. The van der Waals surface area contributed by atoms with Crippen LogP contribution in [0.1, 0.15) is 62.1 Å². The van der Waals surface area contributed by atoms with Gasteiger partial charge in [0.25, 0.3) is 0 Å². The smallest absolute Gasteiger partial charge is 0.434 e. The van der Waals surface area contributed by atoms with E-state index >= 15 is 0 Å². The molecule has 0 aliphatic heterocycles. The normalized spacial score (nSPS) is 11.6. The van der Waals surface area contributed by atoms with Crippen LogP contribution >= 0.6 is 69.6 Å². The molecule has 4 rings (SSSR count). The zero-order chi connectivity index (χ0) is 48.8. The van der Waals surface area contributed by atoms with E-state index in [1.807, 2.05) is 42.5 Å². The van der Waals surface area contributed by atoms with Gasteiger partial charge in [0.1, 0.15) is 33.0 Å². The van der Waals surface area contributed by atoms with Crippen LogP contribution in [0.25, 0.3) is 0 Å². The van der Waals surface area contributed by atoms with Gasteiger partial charge in [0, 0.05) is 33.1 Å². The molecule has 3 aromatic carbocycles. The average Bonchev–Trinajstić information content (AvgIpc) is 3.29. The summed E-state index contributed by atoms with van der Waals surface area (Å²) < 4.78 is 9.39. The van der Waals surface area contributed by atoms with E-state index in [1.54, 1.807) is 48.5 Å². The van der Waals surface area contributed by atoms with Crippen LogP contribution < -0.4 is 17.1 Å². The van der Waals surface area contributed by atoms with Gasteiger partial charge in [-0.05, 0) is 55.2 Å². The Hall–Kier alpha value is -4.30. The van der Waals surface area contributed by atoms with Gasteiger partial charge in [-0.15, -0.1) is 0 Å². The fraction of sp³-hybridized carbons (Fsp3) is 0.455. The summed E-state index contributed by atoms with van der Waals surface area (Å²) in [7, 11) is 0. The van der Waals surface area contributed by atoms with Crippen molar-refractivity contribution in [2.75, 3.05) is 32.8 Å². The van der Waals surface area contributed by atoms with Crippen molar-refractivity contribution in [3.05, 3.63) is 139 Å². The van der Waals surface area contributed by atoms with Crippen LogP contribution in [0.3, 0.4) is 0 Å². The van der Waals surface area contributed by atoms with E-state index in [1.165, 1.54) is 12.0 Å². The maximum Gasteiger partial charge on any atom is 0.434 e. The average molecular weight is 1050 g/mol. The first kappa shape index (κ1) is 55.3. The number of halogens is 6. The van der Waals surface area contributed by atoms with Crippen LogP contribution in [0, 0.1) is 0 Å². The lowest BCUT2D eigenvalue weighted by Gasteiger charge is -2.23. The van der Waals surface area contributed by atoms with Gasteiger partial charge in [0.05, 0.1) is 13.1 Å². The number of amides is 3. The van der Waals surface area contributed by atoms with Gasteiger partial charge in [-0.1, -0.05) is 161 Å². The van der Waals surface area contributed by atoms with E-state index in [-0.39, 0.29) is 97.1 Å². The molecule has 1 heterocycles. The van der Waals surface area contributed by atoms with Crippen molar-refractivity contribution in [3.63, 3.8) is 0 Å². The summed E-state index contributed by atoms with van der Waals surface area (Å²) in [4.78, 5) is 97.3. The van der Waals surface area contributed by atoms with Crippen LogP contribution in [0.5, 0.6) is 0 Å². The monoisotopic (exact) mass is 1050 g/mol. The number of carbonyl (C=O) groups excluding carboxylic acids is 3. The molecule has 67 heavy (non-hydrogen) atoms. The molecule has 0 spiro atoms. The van der Waals surface area contributed by atoms with Gasteiger partial charge < -0.3 is 9.47 Å².